The zero-order valence-electron chi connectivity index (χ0n) is 13.5. The molecule has 0 saturated heterocycles. The van der Waals surface area contributed by atoms with Gasteiger partial charge in [0.25, 0.3) is 0 Å². The normalized spacial score (nSPS) is 10.8. The van der Waals surface area contributed by atoms with Crippen LogP contribution >= 0.6 is 69.6 Å². The number of carbonyl (C=O) groups is 2. The average Bonchev–Trinajstić information content (AvgIpc) is 2.48. The lowest BCUT2D eigenvalue weighted by Gasteiger charge is -2.17. The third-order valence-corrected chi connectivity index (χ3v) is 2.68. The molecule has 0 aliphatic rings. The lowest BCUT2D eigenvalue weighted by molar-refractivity contribution is -0.143. The third kappa shape index (κ3) is 21.9. The SMILES string of the molecule is C=CCCC(=O)OCC(Cl)(Cl)Cl.C=CCN(C)C(=O)OCC(Cl)(Cl)Cl. The van der Waals surface area contributed by atoms with E-state index in [0.29, 0.717) is 13.0 Å². The molecule has 0 heterocycles. The molecule has 1 amide bonds. The molecule has 0 atom stereocenters. The van der Waals surface area contributed by atoms with Crippen molar-refractivity contribution in [3.63, 3.8) is 0 Å². The quantitative estimate of drug-likeness (QED) is 0.277. The third-order valence-electron chi connectivity index (χ3n) is 2.02. The second-order valence-electron chi connectivity index (χ2n) is 4.44. The molecule has 0 spiro atoms. The van der Waals surface area contributed by atoms with Crippen LogP contribution in [0.5, 0.6) is 0 Å². The van der Waals surface area contributed by atoms with E-state index in [4.69, 9.17) is 69.6 Å². The molecule has 5 nitrogen and oxygen atoms in total. The molecule has 11 heteroatoms. The van der Waals surface area contributed by atoms with Crippen LogP contribution in [-0.4, -0.2) is 51.4 Å². The second kappa shape index (κ2) is 14.1. The Kier molecular flexibility index (Phi) is 15.3. The summed E-state index contributed by atoms with van der Waals surface area (Å²) in [5.41, 5.74) is 0. The summed E-state index contributed by atoms with van der Waals surface area (Å²) in [5, 5.41) is 0. The van der Waals surface area contributed by atoms with E-state index < -0.39 is 13.7 Å². The maximum atomic E-state index is 11.1. The lowest BCUT2D eigenvalue weighted by atomic mass is 10.3. The number of amides is 1. The van der Waals surface area contributed by atoms with Gasteiger partial charge in [-0.3, -0.25) is 4.79 Å². The van der Waals surface area contributed by atoms with Crippen molar-refractivity contribution < 1.29 is 19.1 Å². The molecular weight excluding hydrogens is 459 g/mol. The summed E-state index contributed by atoms with van der Waals surface area (Å²) < 4.78 is 6.20. The first-order valence-electron chi connectivity index (χ1n) is 6.71. The predicted octanol–water partition coefficient (Wildman–Crippen LogP) is 5.48. The highest BCUT2D eigenvalue weighted by Gasteiger charge is 2.23. The molecule has 0 saturated carbocycles. The molecule has 0 radical (unpaired) electrons. The number of allylic oxidation sites excluding steroid dienone is 1. The van der Waals surface area contributed by atoms with Crippen LogP contribution in [0.25, 0.3) is 0 Å². The molecular formula is C14H19Cl6NO4. The summed E-state index contributed by atoms with van der Waals surface area (Å²) in [6, 6.07) is 0. The zero-order chi connectivity index (χ0) is 20.1. The number of hydrogen-bond acceptors (Lipinski definition) is 4. The van der Waals surface area contributed by atoms with E-state index in [1.54, 1.807) is 19.2 Å². The zero-order valence-corrected chi connectivity index (χ0v) is 18.0. The monoisotopic (exact) mass is 475 g/mol. The summed E-state index contributed by atoms with van der Waals surface area (Å²) in [6.45, 7) is 6.83. The molecule has 0 aromatic carbocycles. The van der Waals surface area contributed by atoms with Crippen LogP contribution in [0.15, 0.2) is 25.3 Å². The minimum Gasteiger partial charge on any atom is -0.461 e. The summed E-state index contributed by atoms with van der Waals surface area (Å²) in [5.74, 6) is -0.388. The van der Waals surface area contributed by atoms with Gasteiger partial charge in [0.1, 0.15) is 13.2 Å². The first-order chi connectivity index (χ1) is 11.3. The van der Waals surface area contributed by atoms with Crippen LogP contribution in [0.1, 0.15) is 12.8 Å². The van der Waals surface area contributed by atoms with Gasteiger partial charge in [-0.15, -0.1) is 13.2 Å². The van der Waals surface area contributed by atoms with E-state index >= 15 is 0 Å². The van der Waals surface area contributed by atoms with Crippen LogP contribution < -0.4 is 0 Å². The Bertz CT molecular complexity index is 434. The van der Waals surface area contributed by atoms with Gasteiger partial charge in [-0.25, -0.2) is 4.79 Å². The Morgan fingerprint density at radius 3 is 1.84 bits per heavy atom. The van der Waals surface area contributed by atoms with Crippen molar-refractivity contribution >= 4 is 81.7 Å². The van der Waals surface area contributed by atoms with Crippen molar-refractivity contribution in [3.8, 4) is 0 Å². The standard InChI is InChI=1S/C7H10Cl3NO2.C7H9Cl3O2/c1-3-4-11(2)6(12)13-5-7(8,9)10;1-2-3-4-6(11)12-5-7(8,9)10/h3H,1,4-5H2,2H3;2H,1,3-5H2. The fraction of sp³-hybridized carbons (Fsp3) is 0.571. The molecule has 0 fully saturated rings. The van der Waals surface area contributed by atoms with Crippen LogP contribution in [0.3, 0.4) is 0 Å². The van der Waals surface area contributed by atoms with Crippen LogP contribution in [0.2, 0.25) is 0 Å². The number of rotatable bonds is 7. The fourth-order valence-electron chi connectivity index (χ4n) is 0.976. The predicted molar refractivity (Wildman–Crippen MR) is 105 cm³/mol. The topological polar surface area (TPSA) is 55.8 Å². The number of hydrogen-bond donors (Lipinski definition) is 0. The van der Waals surface area contributed by atoms with Crippen molar-refractivity contribution in [2.45, 2.75) is 20.4 Å². The smallest absolute Gasteiger partial charge is 0.409 e. The van der Waals surface area contributed by atoms with Crippen LogP contribution in [0, 0.1) is 0 Å². The summed E-state index contributed by atoms with van der Waals surface area (Å²) in [6.07, 6.45) is 3.47. The number of esters is 1. The molecule has 0 N–H and O–H groups in total. The van der Waals surface area contributed by atoms with Crippen molar-refractivity contribution in [2.75, 3.05) is 26.8 Å². The molecule has 0 unspecified atom stereocenters. The van der Waals surface area contributed by atoms with E-state index in [1.807, 2.05) is 0 Å². The Hall–Kier alpha value is -0.0400. The summed E-state index contributed by atoms with van der Waals surface area (Å²) in [4.78, 5) is 23.2. The van der Waals surface area contributed by atoms with Crippen LogP contribution in [-0.2, 0) is 14.3 Å². The van der Waals surface area contributed by atoms with Crippen molar-refractivity contribution in [2.24, 2.45) is 0 Å². The molecule has 146 valence electrons. The van der Waals surface area contributed by atoms with Gasteiger partial charge >= 0.3 is 12.1 Å². The number of alkyl halides is 6. The Morgan fingerprint density at radius 1 is 0.960 bits per heavy atom. The van der Waals surface area contributed by atoms with Gasteiger partial charge < -0.3 is 14.4 Å². The average molecular weight is 478 g/mol. The number of halogens is 6. The van der Waals surface area contributed by atoms with E-state index in [1.165, 1.54) is 4.90 Å². The molecule has 0 aliphatic heterocycles. The van der Waals surface area contributed by atoms with E-state index in [-0.39, 0.29) is 25.6 Å². The Labute approximate surface area is 177 Å². The largest absolute Gasteiger partial charge is 0.461 e. The number of nitrogens with zero attached hydrogens (tertiary/aromatic N) is 1. The van der Waals surface area contributed by atoms with E-state index in [2.05, 4.69) is 22.6 Å². The van der Waals surface area contributed by atoms with Gasteiger partial charge in [0.05, 0.1) is 0 Å². The molecule has 0 bridgehead atoms. The van der Waals surface area contributed by atoms with E-state index in [9.17, 15) is 9.59 Å². The maximum Gasteiger partial charge on any atom is 0.409 e. The highest BCUT2D eigenvalue weighted by atomic mass is 35.6. The minimum absolute atomic E-state index is 0.215. The van der Waals surface area contributed by atoms with Crippen molar-refractivity contribution in [3.05, 3.63) is 25.3 Å². The molecule has 0 aromatic heterocycles. The van der Waals surface area contributed by atoms with Gasteiger partial charge in [-0.05, 0) is 6.42 Å². The first kappa shape index (κ1) is 27.2. The molecule has 0 aliphatic carbocycles. The molecule has 0 aromatic rings. The first-order valence-corrected chi connectivity index (χ1v) is 8.98. The number of ether oxygens (including phenoxy) is 2. The number of likely N-dealkylation sites (N-methyl/N-ethyl adjacent to an activating group) is 1. The fourth-order valence-corrected chi connectivity index (χ4v) is 1.30. The van der Waals surface area contributed by atoms with Crippen molar-refractivity contribution in [1.29, 1.82) is 0 Å². The summed E-state index contributed by atoms with van der Waals surface area (Å²) in [7, 11) is 1.56. The number of carbonyl (C=O) groups excluding carboxylic acids is 2. The van der Waals surface area contributed by atoms with Crippen molar-refractivity contribution in [1.82, 2.24) is 4.90 Å². The van der Waals surface area contributed by atoms with Gasteiger partial charge in [0.2, 0.25) is 7.59 Å². The summed E-state index contributed by atoms with van der Waals surface area (Å²) >= 11 is 32.2. The van der Waals surface area contributed by atoms with E-state index in [0.717, 1.165) is 0 Å². The Balaban J connectivity index is 0. The highest BCUT2D eigenvalue weighted by Crippen LogP contribution is 2.26. The molecule has 0 rings (SSSR count). The lowest BCUT2D eigenvalue weighted by Crippen LogP contribution is -2.30. The minimum atomic E-state index is -1.56. The second-order valence-corrected chi connectivity index (χ2v) is 9.47. The van der Waals surface area contributed by atoms with Gasteiger partial charge in [0.15, 0.2) is 0 Å². The Morgan fingerprint density at radius 2 is 1.44 bits per heavy atom. The van der Waals surface area contributed by atoms with Gasteiger partial charge in [0, 0.05) is 20.0 Å². The maximum absolute atomic E-state index is 11.1. The van der Waals surface area contributed by atoms with Gasteiger partial charge in [-0.2, -0.15) is 0 Å². The van der Waals surface area contributed by atoms with Crippen LogP contribution in [0.4, 0.5) is 4.79 Å². The molecule has 25 heavy (non-hydrogen) atoms. The van der Waals surface area contributed by atoms with Gasteiger partial charge in [-0.1, -0.05) is 81.8 Å². The highest BCUT2D eigenvalue weighted by molar-refractivity contribution is 6.68.